The number of hydrogen-bond donors (Lipinski definition) is 0. The van der Waals surface area contributed by atoms with Gasteiger partial charge in [0.15, 0.2) is 0 Å². The van der Waals surface area contributed by atoms with Gasteiger partial charge in [-0.1, -0.05) is 22.4 Å². The van der Waals surface area contributed by atoms with Crippen LogP contribution in [0.5, 0.6) is 0 Å². The Labute approximate surface area is 37.7 Å². The first kappa shape index (κ1) is 5.38. The highest BCUT2D eigenvalue weighted by Gasteiger charge is 1.64. The van der Waals surface area contributed by atoms with Crippen molar-refractivity contribution in [2.45, 2.75) is 0 Å². The van der Waals surface area contributed by atoms with Crippen molar-refractivity contribution in [3.8, 4) is 0 Å². The molecule has 0 aliphatic heterocycles. The van der Waals surface area contributed by atoms with Crippen molar-refractivity contribution in [1.82, 2.24) is 0 Å². The zero-order valence-corrected chi connectivity index (χ0v) is 4.77. The van der Waals surface area contributed by atoms with Crippen LogP contribution < -0.4 is 0 Å². The van der Waals surface area contributed by atoms with E-state index in [0.717, 1.165) is 0 Å². The monoisotopic (exact) mass is 110 g/mol. The van der Waals surface area contributed by atoms with Crippen molar-refractivity contribution >= 4 is 30.8 Å². The number of halogens is 1. The summed E-state index contributed by atoms with van der Waals surface area (Å²) >= 11 is 0. The van der Waals surface area contributed by atoms with Gasteiger partial charge in [0, 0.05) is 0 Å². The van der Waals surface area contributed by atoms with Crippen LogP contribution in [-0.2, 0) is 0 Å². The molecule has 0 N–H and O–H groups in total. The highest BCUT2D eigenvalue weighted by atomic mass is 35.7. The Morgan fingerprint density at radius 3 is 1.60 bits per heavy atom. The first-order valence-electron chi connectivity index (χ1n) is 1.14. The molecule has 0 aromatic heterocycles. The summed E-state index contributed by atoms with van der Waals surface area (Å²) in [7, 11) is 4.20. The van der Waals surface area contributed by atoms with Crippen LogP contribution in [0.25, 0.3) is 0 Å². The molecule has 0 saturated heterocycles. The molecule has 0 nitrogen and oxygen atoms in total. The molecule has 0 amide bonds. The maximum Gasteiger partial charge on any atom is -0.0156 e. The second-order valence-corrected chi connectivity index (χ2v) is 5.70. The van der Waals surface area contributed by atoms with Crippen molar-refractivity contribution in [3.63, 3.8) is 0 Å². The summed E-state index contributed by atoms with van der Waals surface area (Å²) in [6.45, 7) is 0. The van der Waals surface area contributed by atoms with E-state index in [1.165, 1.54) is 0 Å². The van der Waals surface area contributed by atoms with Crippen LogP contribution in [0, 0.1) is 0 Å². The maximum atomic E-state index is 5.39. The first-order valence-corrected chi connectivity index (χ1v) is 4.35. The van der Waals surface area contributed by atoms with E-state index in [-0.39, 0.29) is 0 Å². The predicted octanol–water partition coefficient (Wildman–Crippen LogP) is 1.44. The van der Waals surface area contributed by atoms with Gasteiger partial charge in [-0.3, -0.25) is 0 Å². The van der Waals surface area contributed by atoms with Crippen LogP contribution in [0.2, 0.25) is 0 Å². The molecule has 0 aliphatic rings. The van der Waals surface area contributed by atoms with Gasteiger partial charge in [-0.2, -0.15) is 0 Å². The fraction of sp³-hybridized carbons (Fsp3) is 0.333. The molecule has 0 unspecified atom stereocenters. The maximum absolute atomic E-state index is 5.39. The summed E-state index contributed by atoms with van der Waals surface area (Å²) in [5.74, 6) is 7.02. The summed E-state index contributed by atoms with van der Waals surface area (Å²) in [4.78, 5) is 0. The quantitative estimate of drug-likeness (QED) is 0.414. The van der Waals surface area contributed by atoms with Crippen LogP contribution >= 0.6 is 19.1 Å². The van der Waals surface area contributed by atoms with Gasteiger partial charge in [-0.05, 0) is 6.26 Å². The molecule has 0 aliphatic carbocycles. The van der Waals surface area contributed by atoms with Gasteiger partial charge in [0.25, 0.3) is 0 Å². The minimum absolute atomic E-state index is 1.19. The van der Waals surface area contributed by atoms with Gasteiger partial charge in [-0.15, -0.1) is 8.42 Å². The molecule has 0 atom stereocenters. The van der Waals surface area contributed by atoms with Crippen molar-refractivity contribution in [3.05, 3.63) is 0 Å². The summed E-state index contributed by atoms with van der Waals surface area (Å²) < 4.78 is 0. The summed E-state index contributed by atoms with van der Waals surface area (Å²) in [5.41, 5.74) is 0. The molecular formula is C3H7ClS. The summed E-state index contributed by atoms with van der Waals surface area (Å²) in [6.07, 6.45) is 1.81. The molecule has 0 aromatic carbocycles. The van der Waals surface area contributed by atoms with E-state index >= 15 is 0 Å². The highest BCUT2D eigenvalue weighted by Crippen LogP contribution is 2.16. The molecule has 5 heavy (non-hydrogen) atoms. The number of hydrogen-bond acceptors (Lipinski definition) is 0. The lowest BCUT2D eigenvalue weighted by atomic mass is 11.9. The fourth-order valence-corrected chi connectivity index (χ4v) is 0. The Balaban J connectivity index is 4.06. The zero-order chi connectivity index (χ0) is 4.50. The first-order chi connectivity index (χ1) is 2.00. The fourth-order valence-electron chi connectivity index (χ4n) is 0. The molecule has 0 radical (unpaired) electrons. The van der Waals surface area contributed by atoms with Crippen LogP contribution in [0.4, 0.5) is 0 Å². The molecule has 0 fully saturated rings. The van der Waals surface area contributed by atoms with Gasteiger partial charge in [0.05, 0.1) is 0 Å². The zero-order valence-electron chi connectivity index (χ0n) is 3.20. The second kappa shape index (κ2) is 1.23. The third-order valence-corrected chi connectivity index (χ3v) is 0. The van der Waals surface area contributed by atoms with E-state index in [4.69, 9.17) is 10.7 Å². The lowest BCUT2D eigenvalue weighted by molar-refractivity contribution is 2.52. The Morgan fingerprint density at radius 1 is 1.60 bits per heavy atom. The van der Waals surface area contributed by atoms with Gasteiger partial charge in [-0.25, -0.2) is 0 Å². The van der Waals surface area contributed by atoms with Crippen LogP contribution in [0.3, 0.4) is 0 Å². The highest BCUT2D eigenvalue weighted by molar-refractivity contribution is 8.44. The van der Waals surface area contributed by atoms with Gasteiger partial charge in [0.1, 0.15) is 0 Å². The molecule has 2 heteroatoms. The standard InChI is InChI=1S/C3H7ClS/c1-5(2,3)4/h1-2H2,3H3. The van der Waals surface area contributed by atoms with Gasteiger partial charge < -0.3 is 0 Å². The lowest BCUT2D eigenvalue weighted by Gasteiger charge is -1.82. The van der Waals surface area contributed by atoms with E-state index < -0.39 is 8.42 Å². The molecule has 0 aromatic rings. The van der Waals surface area contributed by atoms with Gasteiger partial charge >= 0.3 is 0 Å². The van der Waals surface area contributed by atoms with E-state index in [1.807, 2.05) is 6.26 Å². The van der Waals surface area contributed by atoms with Crippen LogP contribution in [-0.4, -0.2) is 18.0 Å². The number of rotatable bonds is 0. The Morgan fingerprint density at radius 2 is 1.60 bits per heavy atom. The molecule has 32 valence electrons. The Kier molecular flexibility index (Phi) is 1.32. The average Bonchev–Trinajstić information content (AvgIpc) is 0.722. The van der Waals surface area contributed by atoms with Crippen molar-refractivity contribution in [2.75, 3.05) is 6.26 Å². The Bertz CT molecular complexity index is 90.1. The molecular weight excluding hydrogens is 104 g/mol. The SMILES string of the molecule is C=S(=C)(C)Cl. The minimum Gasteiger partial charge on any atom is -0.139 e. The predicted molar refractivity (Wildman–Crippen MR) is 33.6 cm³/mol. The van der Waals surface area contributed by atoms with Crippen molar-refractivity contribution < 1.29 is 0 Å². The lowest BCUT2D eigenvalue weighted by Crippen LogP contribution is -1.46. The van der Waals surface area contributed by atoms with E-state index in [2.05, 4.69) is 11.7 Å². The van der Waals surface area contributed by atoms with Crippen molar-refractivity contribution in [2.24, 2.45) is 0 Å². The normalized spacial score (nSPS) is 11.6. The Hall–Kier alpha value is 0.380. The summed E-state index contributed by atoms with van der Waals surface area (Å²) in [5, 5.41) is 0. The van der Waals surface area contributed by atoms with Gasteiger partial charge in [0.2, 0.25) is 0 Å². The molecule has 0 saturated carbocycles. The third kappa shape index (κ3) is 172. The van der Waals surface area contributed by atoms with Crippen LogP contribution in [0.15, 0.2) is 0 Å². The van der Waals surface area contributed by atoms with Crippen LogP contribution in [0.1, 0.15) is 0 Å². The summed E-state index contributed by atoms with van der Waals surface area (Å²) in [6, 6.07) is 0. The third-order valence-electron chi connectivity index (χ3n) is 0. The largest absolute Gasteiger partial charge is 0.139 e. The smallest absolute Gasteiger partial charge is 0.0156 e. The van der Waals surface area contributed by atoms with E-state index in [1.54, 1.807) is 0 Å². The topological polar surface area (TPSA) is 0 Å². The second-order valence-electron chi connectivity index (χ2n) is 1.15. The minimum atomic E-state index is -1.19. The molecule has 0 bridgehead atoms. The van der Waals surface area contributed by atoms with Crippen molar-refractivity contribution in [1.29, 1.82) is 0 Å². The molecule has 0 spiro atoms. The molecule has 0 heterocycles. The van der Waals surface area contributed by atoms with E-state index in [9.17, 15) is 0 Å². The average molecular weight is 111 g/mol. The van der Waals surface area contributed by atoms with E-state index in [0.29, 0.717) is 0 Å². The molecule has 0 rings (SSSR count).